The summed E-state index contributed by atoms with van der Waals surface area (Å²) in [6, 6.07) is 7.75. The quantitative estimate of drug-likeness (QED) is 0.671. The van der Waals surface area contributed by atoms with Crippen molar-refractivity contribution in [2.45, 2.75) is 0 Å². The van der Waals surface area contributed by atoms with Crippen LogP contribution >= 0.6 is 0 Å². The maximum absolute atomic E-state index is 5.61. The van der Waals surface area contributed by atoms with Crippen molar-refractivity contribution in [1.29, 1.82) is 0 Å². The Morgan fingerprint density at radius 2 is 1.93 bits per heavy atom. The lowest BCUT2D eigenvalue weighted by Gasteiger charge is -2.27. The lowest BCUT2D eigenvalue weighted by molar-refractivity contribution is 0.493. The van der Waals surface area contributed by atoms with Crippen molar-refractivity contribution in [3.63, 3.8) is 0 Å². The van der Waals surface area contributed by atoms with E-state index in [-0.39, 0.29) is 0 Å². The molecule has 0 spiro atoms. The third kappa shape index (κ3) is 1.79. The molecule has 1 aliphatic heterocycles. The fourth-order valence-electron chi connectivity index (χ4n) is 1.36. The number of rotatable bonds is 1. The number of hydrogen-bond donors (Lipinski definition) is 1. The van der Waals surface area contributed by atoms with Gasteiger partial charge in [0.1, 0.15) is 6.34 Å². The number of likely N-dealkylation sites (N-methyl/N-ethyl adjacent to an activating group) is 1. The molecule has 4 nitrogen and oxygen atoms in total. The molecule has 14 heavy (non-hydrogen) atoms. The summed E-state index contributed by atoms with van der Waals surface area (Å²) in [5, 5.41) is 6.28. The second-order valence-corrected chi connectivity index (χ2v) is 3.43. The Morgan fingerprint density at radius 1 is 1.21 bits per heavy atom. The van der Waals surface area contributed by atoms with Crippen LogP contribution in [-0.4, -0.2) is 31.4 Å². The minimum atomic E-state index is 0.784. The molecule has 0 saturated heterocycles. The van der Waals surface area contributed by atoms with E-state index in [4.69, 9.17) is 5.73 Å². The zero-order chi connectivity index (χ0) is 9.97. The van der Waals surface area contributed by atoms with Crippen LogP contribution in [0.5, 0.6) is 0 Å². The fraction of sp³-hybridized carbons (Fsp3) is 0.300. The van der Waals surface area contributed by atoms with Crippen molar-refractivity contribution in [3.8, 4) is 0 Å². The molecule has 2 rings (SSSR count). The molecular weight excluding hydrogens is 176 g/mol. The highest BCUT2D eigenvalue weighted by molar-refractivity contribution is 5.61. The topological polar surface area (TPSA) is 44.9 Å². The van der Waals surface area contributed by atoms with Gasteiger partial charge in [0.15, 0.2) is 0 Å². The van der Waals surface area contributed by atoms with Gasteiger partial charge in [0.2, 0.25) is 0 Å². The number of nitrogens with two attached hydrogens (primary N) is 1. The minimum Gasteiger partial charge on any atom is -0.399 e. The first-order chi connectivity index (χ1) is 6.75. The highest BCUT2D eigenvalue weighted by Gasteiger charge is 2.09. The van der Waals surface area contributed by atoms with Crippen LogP contribution in [0.15, 0.2) is 29.4 Å². The fourth-order valence-corrected chi connectivity index (χ4v) is 1.36. The van der Waals surface area contributed by atoms with Crippen LogP contribution in [0.1, 0.15) is 0 Å². The van der Waals surface area contributed by atoms with Gasteiger partial charge in [-0.1, -0.05) is 0 Å². The summed E-state index contributed by atoms with van der Waals surface area (Å²) in [4.78, 5) is 2.06. The lowest BCUT2D eigenvalue weighted by atomic mass is 10.3. The van der Waals surface area contributed by atoms with Crippen LogP contribution in [0.25, 0.3) is 0 Å². The molecule has 4 heteroatoms. The first-order valence-electron chi connectivity index (χ1n) is 4.63. The smallest absolute Gasteiger partial charge is 0.111 e. The maximum Gasteiger partial charge on any atom is 0.111 e. The summed E-state index contributed by atoms with van der Waals surface area (Å²) >= 11 is 0. The molecule has 0 radical (unpaired) electrons. The predicted octanol–water partition coefficient (Wildman–Crippen LogP) is 0.964. The summed E-state index contributed by atoms with van der Waals surface area (Å²) < 4.78 is 0. The van der Waals surface area contributed by atoms with Crippen molar-refractivity contribution in [3.05, 3.63) is 24.3 Å². The molecule has 0 atom stereocenters. The van der Waals surface area contributed by atoms with Gasteiger partial charge < -0.3 is 10.6 Å². The molecule has 1 aromatic rings. The Labute approximate surface area is 83.6 Å². The Morgan fingerprint density at radius 3 is 2.50 bits per heavy atom. The van der Waals surface area contributed by atoms with E-state index < -0.39 is 0 Å². The van der Waals surface area contributed by atoms with Gasteiger partial charge in [-0.15, -0.1) is 0 Å². The second kappa shape index (κ2) is 3.57. The van der Waals surface area contributed by atoms with Crippen molar-refractivity contribution < 1.29 is 0 Å². The summed E-state index contributed by atoms with van der Waals surface area (Å²) in [5.74, 6) is 0. The van der Waals surface area contributed by atoms with Gasteiger partial charge in [-0.05, 0) is 24.3 Å². The molecule has 74 valence electrons. The van der Waals surface area contributed by atoms with Gasteiger partial charge in [-0.2, -0.15) is 5.10 Å². The normalized spacial score (nSPS) is 16.1. The van der Waals surface area contributed by atoms with Crippen LogP contribution in [0.3, 0.4) is 0 Å². The molecule has 1 heterocycles. The van der Waals surface area contributed by atoms with E-state index in [1.165, 1.54) is 0 Å². The van der Waals surface area contributed by atoms with Crippen LogP contribution in [-0.2, 0) is 0 Å². The number of hydrazone groups is 1. The maximum atomic E-state index is 5.61. The molecule has 1 aromatic carbocycles. The summed E-state index contributed by atoms with van der Waals surface area (Å²) in [5.41, 5.74) is 7.48. The minimum absolute atomic E-state index is 0.784. The molecule has 0 unspecified atom stereocenters. The first kappa shape index (κ1) is 8.87. The van der Waals surface area contributed by atoms with Crippen LogP contribution < -0.4 is 10.7 Å². The summed E-state index contributed by atoms with van der Waals surface area (Å²) in [7, 11) is 2.02. The van der Waals surface area contributed by atoms with E-state index in [1.54, 1.807) is 0 Å². The summed E-state index contributed by atoms with van der Waals surface area (Å²) in [6.07, 6.45) is 1.83. The average molecular weight is 190 g/mol. The van der Waals surface area contributed by atoms with E-state index in [9.17, 15) is 0 Å². The molecule has 0 fully saturated rings. The predicted molar refractivity (Wildman–Crippen MR) is 59.3 cm³/mol. The number of nitrogen functional groups attached to an aromatic ring is 1. The molecule has 0 bridgehead atoms. The zero-order valence-corrected chi connectivity index (χ0v) is 8.22. The number of hydrogen-bond acceptors (Lipinski definition) is 4. The molecule has 0 aromatic heterocycles. The molecule has 0 saturated carbocycles. The van der Waals surface area contributed by atoms with Gasteiger partial charge in [0.05, 0.1) is 12.2 Å². The molecule has 1 aliphatic rings. The molecular formula is C10H14N4. The number of nitrogens with zero attached hydrogens (tertiary/aromatic N) is 3. The van der Waals surface area contributed by atoms with E-state index in [0.29, 0.717) is 0 Å². The van der Waals surface area contributed by atoms with E-state index in [0.717, 1.165) is 24.5 Å². The van der Waals surface area contributed by atoms with Crippen LogP contribution in [0, 0.1) is 0 Å². The Kier molecular flexibility index (Phi) is 2.26. The molecule has 0 aliphatic carbocycles. The largest absolute Gasteiger partial charge is 0.399 e. The monoisotopic (exact) mass is 190 g/mol. The third-order valence-electron chi connectivity index (χ3n) is 2.24. The highest BCUT2D eigenvalue weighted by Crippen LogP contribution is 2.17. The zero-order valence-electron chi connectivity index (χ0n) is 8.22. The van der Waals surface area contributed by atoms with Crippen LogP contribution in [0.4, 0.5) is 11.4 Å². The standard InChI is InChI=1S/C10H14N4/c1-13-6-7-14(12-8-13)10-4-2-9(11)3-5-10/h2-5,8H,6-7,11H2,1H3. The Bertz CT molecular complexity index is 330. The number of anilines is 2. The van der Waals surface area contributed by atoms with Gasteiger partial charge in [0.25, 0.3) is 0 Å². The molecule has 0 amide bonds. The van der Waals surface area contributed by atoms with Gasteiger partial charge in [-0.25, -0.2) is 0 Å². The van der Waals surface area contributed by atoms with Gasteiger partial charge in [0, 0.05) is 19.3 Å². The second-order valence-electron chi connectivity index (χ2n) is 3.43. The average Bonchev–Trinajstić information content (AvgIpc) is 2.21. The molecule has 2 N–H and O–H groups in total. The lowest BCUT2D eigenvalue weighted by Crippen LogP contribution is -2.35. The van der Waals surface area contributed by atoms with E-state index in [1.807, 2.05) is 42.7 Å². The van der Waals surface area contributed by atoms with Crippen LogP contribution in [0.2, 0.25) is 0 Å². The highest BCUT2D eigenvalue weighted by atomic mass is 15.5. The third-order valence-corrected chi connectivity index (χ3v) is 2.24. The van der Waals surface area contributed by atoms with Crippen molar-refractivity contribution in [2.24, 2.45) is 5.10 Å². The SMILES string of the molecule is CN1C=NN(c2ccc(N)cc2)CC1. The van der Waals surface area contributed by atoms with Gasteiger partial charge in [-0.3, -0.25) is 5.01 Å². The first-order valence-corrected chi connectivity index (χ1v) is 4.63. The van der Waals surface area contributed by atoms with Crippen molar-refractivity contribution >= 4 is 17.7 Å². The Balaban J connectivity index is 2.16. The van der Waals surface area contributed by atoms with E-state index >= 15 is 0 Å². The van der Waals surface area contributed by atoms with E-state index in [2.05, 4.69) is 10.0 Å². The number of benzene rings is 1. The van der Waals surface area contributed by atoms with Gasteiger partial charge >= 0.3 is 0 Å². The Hall–Kier alpha value is -1.71. The van der Waals surface area contributed by atoms with Crippen molar-refractivity contribution in [2.75, 3.05) is 30.9 Å². The van der Waals surface area contributed by atoms with Crippen molar-refractivity contribution in [1.82, 2.24) is 4.90 Å². The summed E-state index contributed by atoms with van der Waals surface area (Å²) in [6.45, 7) is 1.91.